The molecule has 1 rings (SSSR count). The maximum atomic E-state index is 10.3. The van der Waals surface area contributed by atoms with E-state index in [9.17, 15) is 10.1 Å². The van der Waals surface area contributed by atoms with Crippen LogP contribution >= 0.6 is 0 Å². The number of nitro groups is 1. The summed E-state index contributed by atoms with van der Waals surface area (Å²) < 4.78 is 0. The van der Waals surface area contributed by atoms with Gasteiger partial charge in [-0.15, -0.1) is 0 Å². The SMILES string of the molecule is C=C(/C=C\C(=C)[N+](=O)[O-])/C=C/c1ccc(C)cc1. The minimum absolute atomic E-state index is 0.153. The predicted octanol–water partition coefficient (Wildman–Crippen LogP) is 3.91. The average Bonchev–Trinajstić information content (AvgIpc) is 2.35. The van der Waals surface area contributed by atoms with E-state index in [-0.39, 0.29) is 5.70 Å². The van der Waals surface area contributed by atoms with Gasteiger partial charge in [0, 0.05) is 6.08 Å². The summed E-state index contributed by atoms with van der Waals surface area (Å²) in [7, 11) is 0. The zero-order valence-electron chi connectivity index (χ0n) is 10.3. The summed E-state index contributed by atoms with van der Waals surface area (Å²) in [6.07, 6.45) is 6.60. The first-order valence-corrected chi connectivity index (χ1v) is 5.44. The van der Waals surface area contributed by atoms with Gasteiger partial charge in [0.2, 0.25) is 0 Å². The molecule has 0 saturated carbocycles. The van der Waals surface area contributed by atoms with E-state index in [0.29, 0.717) is 5.57 Å². The van der Waals surface area contributed by atoms with Crippen LogP contribution < -0.4 is 0 Å². The zero-order chi connectivity index (χ0) is 13.5. The first kappa shape index (κ1) is 13.6. The molecule has 0 N–H and O–H groups in total. The van der Waals surface area contributed by atoms with Crippen LogP contribution in [0.4, 0.5) is 0 Å². The Morgan fingerprint density at radius 3 is 2.33 bits per heavy atom. The van der Waals surface area contributed by atoms with E-state index in [2.05, 4.69) is 13.2 Å². The molecule has 18 heavy (non-hydrogen) atoms. The number of aryl methyl sites for hydroxylation is 1. The van der Waals surface area contributed by atoms with Crippen LogP contribution in [0.5, 0.6) is 0 Å². The number of benzene rings is 1. The zero-order valence-corrected chi connectivity index (χ0v) is 10.3. The number of nitrogens with zero attached hydrogens (tertiary/aromatic N) is 1. The van der Waals surface area contributed by atoms with E-state index in [0.717, 1.165) is 5.56 Å². The Morgan fingerprint density at radius 2 is 1.78 bits per heavy atom. The summed E-state index contributed by atoms with van der Waals surface area (Å²) in [6.45, 7) is 9.11. The lowest BCUT2D eigenvalue weighted by Gasteiger charge is -1.95. The van der Waals surface area contributed by atoms with Crippen molar-refractivity contribution in [3.8, 4) is 0 Å². The molecule has 3 nitrogen and oxygen atoms in total. The molecule has 0 spiro atoms. The normalized spacial score (nSPS) is 10.9. The second-order valence-electron chi connectivity index (χ2n) is 3.90. The molecule has 92 valence electrons. The van der Waals surface area contributed by atoms with Crippen molar-refractivity contribution in [1.82, 2.24) is 0 Å². The summed E-state index contributed by atoms with van der Waals surface area (Å²) in [5.74, 6) is 0. The van der Waals surface area contributed by atoms with Gasteiger partial charge in [0.05, 0.1) is 4.92 Å². The Bertz CT molecular complexity index is 522. The van der Waals surface area contributed by atoms with E-state index >= 15 is 0 Å². The second kappa shape index (κ2) is 6.35. The van der Waals surface area contributed by atoms with Crippen molar-refractivity contribution >= 4 is 6.08 Å². The lowest BCUT2D eigenvalue weighted by atomic mass is 10.1. The van der Waals surface area contributed by atoms with Gasteiger partial charge in [0.25, 0.3) is 5.70 Å². The van der Waals surface area contributed by atoms with Gasteiger partial charge in [-0.2, -0.15) is 0 Å². The highest BCUT2D eigenvalue weighted by atomic mass is 16.6. The highest BCUT2D eigenvalue weighted by molar-refractivity contribution is 5.54. The van der Waals surface area contributed by atoms with E-state index in [1.807, 2.05) is 37.3 Å². The fraction of sp³-hybridized carbons (Fsp3) is 0.0667. The van der Waals surface area contributed by atoms with Crippen LogP contribution in [0.2, 0.25) is 0 Å². The third-order valence-corrected chi connectivity index (χ3v) is 2.29. The molecular formula is C15H15NO2. The molecule has 0 unspecified atom stereocenters. The summed E-state index contributed by atoms with van der Waals surface area (Å²) in [4.78, 5) is 9.80. The predicted molar refractivity (Wildman–Crippen MR) is 74.6 cm³/mol. The first-order valence-electron chi connectivity index (χ1n) is 5.44. The lowest BCUT2D eigenvalue weighted by molar-refractivity contribution is -0.418. The van der Waals surface area contributed by atoms with Gasteiger partial charge >= 0.3 is 0 Å². The molecule has 0 heterocycles. The van der Waals surface area contributed by atoms with Gasteiger partial charge in [-0.05, 0) is 30.7 Å². The molecule has 0 bridgehead atoms. The molecule has 1 aromatic rings. The summed E-state index contributed by atoms with van der Waals surface area (Å²) in [5.41, 5.74) is 2.79. The molecule has 0 saturated heterocycles. The summed E-state index contributed by atoms with van der Waals surface area (Å²) in [5, 5.41) is 10.3. The van der Waals surface area contributed by atoms with E-state index in [1.54, 1.807) is 12.2 Å². The fourth-order valence-corrected chi connectivity index (χ4v) is 1.20. The second-order valence-corrected chi connectivity index (χ2v) is 3.90. The molecule has 0 atom stereocenters. The lowest BCUT2D eigenvalue weighted by Crippen LogP contribution is -1.92. The van der Waals surface area contributed by atoms with Crippen LogP contribution in [0, 0.1) is 17.0 Å². The minimum atomic E-state index is -0.534. The van der Waals surface area contributed by atoms with Crippen LogP contribution in [0.25, 0.3) is 6.08 Å². The smallest absolute Gasteiger partial charge is 0.258 e. The van der Waals surface area contributed by atoms with Crippen molar-refractivity contribution in [2.45, 2.75) is 6.92 Å². The molecule has 0 aliphatic carbocycles. The third kappa shape index (κ3) is 4.61. The van der Waals surface area contributed by atoms with Crippen LogP contribution in [0.3, 0.4) is 0 Å². The Kier molecular flexibility index (Phi) is 4.81. The van der Waals surface area contributed by atoms with Gasteiger partial charge < -0.3 is 0 Å². The number of rotatable bonds is 5. The Morgan fingerprint density at radius 1 is 1.17 bits per heavy atom. The van der Waals surface area contributed by atoms with Gasteiger partial charge in [-0.1, -0.05) is 48.6 Å². The standard InChI is InChI=1S/C15H15NO2/c1-12(4-8-14(3)16(17)18)5-9-15-10-6-13(2)7-11-15/h4-11H,1,3H2,2H3/b8-4-,9-5+. The van der Waals surface area contributed by atoms with E-state index in [1.165, 1.54) is 11.6 Å². The molecule has 0 fully saturated rings. The number of allylic oxidation sites excluding steroid dienone is 4. The average molecular weight is 241 g/mol. The molecule has 0 aliphatic heterocycles. The molecule has 1 aromatic carbocycles. The van der Waals surface area contributed by atoms with E-state index < -0.39 is 4.92 Å². The molecule has 0 radical (unpaired) electrons. The molecule has 3 heteroatoms. The molecule has 0 amide bonds. The Hall–Kier alpha value is -2.42. The van der Waals surface area contributed by atoms with Crippen molar-refractivity contribution < 1.29 is 4.92 Å². The quantitative estimate of drug-likeness (QED) is 0.445. The van der Waals surface area contributed by atoms with Crippen molar-refractivity contribution in [2.24, 2.45) is 0 Å². The van der Waals surface area contributed by atoms with Crippen LogP contribution in [-0.4, -0.2) is 4.92 Å². The minimum Gasteiger partial charge on any atom is -0.258 e. The Labute approximate surface area is 107 Å². The van der Waals surface area contributed by atoms with Crippen LogP contribution in [0.1, 0.15) is 11.1 Å². The molecular weight excluding hydrogens is 226 g/mol. The Balaban J connectivity index is 2.62. The largest absolute Gasteiger partial charge is 0.262 e. The number of hydrogen-bond donors (Lipinski definition) is 0. The number of hydrogen-bond acceptors (Lipinski definition) is 2. The van der Waals surface area contributed by atoms with Crippen molar-refractivity contribution in [1.29, 1.82) is 0 Å². The first-order chi connectivity index (χ1) is 8.49. The van der Waals surface area contributed by atoms with Crippen molar-refractivity contribution in [3.63, 3.8) is 0 Å². The van der Waals surface area contributed by atoms with Gasteiger partial charge in [-0.25, -0.2) is 0 Å². The van der Waals surface area contributed by atoms with Crippen LogP contribution in [-0.2, 0) is 0 Å². The maximum Gasteiger partial charge on any atom is 0.262 e. The third-order valence-electron chi connectivity index (χ3n) is 2.29. The molecule has 0 aromatic heterocycles. The highest BCUT2D eigenvalue weighted by Crippen LogP contribution is 2.08. The van der Waals surface area contributed by atoms with Crippen LogP contribution in [0.15, 0.2) is 66.9 Å². The monoisotopic (exact) mass is 241 g/mol. The van der Waals surface area contributed by atoms with Gasteiger partial charge in [0.15, 0.2) is 0 Å². The van der Waals surface area contributed by atoms with Gasteiger partial charge in [0.1, 0.15) is 0 Å². The van der Waals surface area contributed by atoms with Crippen molar-refractivity contribution in [2.75, 3.05) is 0 Å². The highest BCUT2D eigenvalue weighted by Gasteiger charge is 1.98. The molecule has 0 aliphatic rings. The summed E-state index contributed by atoms with van der Waals surface area (Å²) >= 11 is 0. The van der Waals surface area contributed by atoms with Crippen molar-refractivity contribution in [3.05, 3.63) is 88.2 Å². The maximum absolute atomic E-state index is 10.3. The van der Waals surface area contributed by atoms with E-state index in [4.69, 9.17) is 0 Å². The van der Waals surface area contributed by atoms with Gasteiger partial charge in [-0.3, -0.25) is 10.1 Å². The topological polar surface area (TPSA) is 43.1 Å². The summed E-state index contributed by atoms with van der Waals surface area (Å²) in [6, 6.07) is 8.04. The fourth-order valence-electron chi connectivity index (χ4n) is 1.20.